The highest BCUT2D eigenvalue weighted by atomic mass is 16.4. The number of aliphatic carboxylic acids is 2. The third kappa shape index (κ3) is 3.95. The maximum Gasteiger partial charge on any atom is 0.326 e. The summed E-state index contributed by atoms with van der Waals surface area (Å²) in [7, 11) is 0. The molecule has 1 aliphatic carbocycles. The lowest BCUT2D eigenvalue weighted by molar-refractivity contribution is -0.145. The predicted molar refractivity (Wildman–Crippen MR) is 73.0 cm³/mol. The Hall–Kier alpha value is -2.57. The fourth-order valence-corrected chi connectivity index (χ4v) is 2.42. The molecule has 0 aromatic heterocycles. The van der Waals surface area contributed by atoms with Gasteiger partial charge in [0.1, 0.15) is 6.04 Å². The first-order chi connectivity index (χ1) is 9.95. The van der Waals surface area contributed by atoms with Crippen molar-refractivity contribution in [2.24, 2.45) is 0 Å². The Kier molecular flexibility index (Phi) is 4.42. The molecule has 0 heterocycles. The summed E-state index contributed by atoms with van der Waals surface area (Å²) in [5, 5.41) is 22.3. The number of hydrogen-bond donors (Lipinski definition) is 4. The number of hydrogen-bond acceptors (Lipinski definition) is 3. The van der Waals surface area contributed by atoms with Gasteiger partial charge in [-0.25, -0.2) is 9.59 Å². The van der Waals surface area contributed by atoms with Gasteiger partial charge >= 0.3 is 18.0 Å². The zero-order valence-electron chi connectivity index (χ0n) is 11.2. The number of carbonyl (C=O) groups is 3. The summed E-state index contributed by atoms with van der Waals surface area (Å²) in [6.45, 7) is 0. The van der Waals surface area contributed by atoms with Gasteiger partial charge in [-0.05, 0) is 24.0 Å². The van der Waals surface area contributed by atoms with Crippen LogP contribution in [0.4, 0.5) is 4.79 Å². The summed E-state index contributed by atoms with van der Waals surface area (Å²) in [6, 6.07) is 5.61. The first-order valence-corrected chi connectivity index (χ1v) is 6.54. The minimum atomic E-state index is -1.44. The Labute approximate surface area is 121 Å². The quantitative estimate of drug-likeness (QED) is 0.626. The SMILES string of the molecule is O=C(O)C[C@H](NC(=O)NC1Cc2ccccc2C1)C(=O)O. The van der Waals surface area contributed by atoms with Crippen LogP contribution < -0.4 is 10.6 Å². The number of carboxylic acids is 2. The average Bonchev–Trinajstić information content (AvgIpc) is 2.79. The van der Waals surface area contributed by atoms with E-state index in [1.165, 1.54) is 0 Å². The fraction of sp³-hybridized carbons (Fsp3) is 0.357. The van der Waals surface area contributed by atoms with Crippen LogP contribution >= 0.6 is 0 Å². The second-order valence-electron chi connectivity index (χ2n) is 4.98. The maximum absolute atomic E-state index is 11.8. The molecule has 4 N–H and O–H groups in total. The van der Waals surface area contributed by atoms with E-state index < -0.39 is 30.4 Å². The van der Waals surface area contributed by atoms with Gasteiger partial charge in [-0.15, -0.1) is 0 Å². The number of carboxylic acid groups (broad SMARTS) is 2. The van der Waals surface area contributed by atoms with E-state index in [0.29, 0.717) is 12.8 Å². The summed E-state index contributed by atoms with van der Waals surface area (Å²) in [5.74, 6) is -2.65. The minimum absolute atomic E-state index is 0.110. The summed E-state index contributed by atoms with van der Waals surface area (Å²) >= 11 is 0. The maximum atomic E-state index is 11.8. The lowest BCUT2D eigenvalue weighted by Gasteiger charge is -2.16. The van der Waals surface area contributed by atoms with E-state index in [9.17, 15) is 14.4 Å². The van der Waals surface area contributed by atoms with Crippen molar-refractivity contribution < 1.29 is 24.6 Å². The highest BCUT2D eigenvalue weighted by molar-refractivity contribution is 5.86. The largest absolute Gasteiger partial charge is 0.481 e. The molecule has 0 saturated carbocycles. The highest BCUT2D eigenvalue weighted by Gasteiger charge is 2.26. The summed E-state index contributed by atoms with van der Waals surface area (Å²) < 4.78 is 0. The Bertz CT molecular complexity index is 547. The van der Waals surface area contributed by atoms with Gasteiger partial charge < -0.3 is 20.8 Å². The molecule has 1 aromatic rings. The highest BCUT2D eigenvalue weighted by Crippen LogP contribution is 2.21. The molecule has 1 aliphatic rings. The molecule has 0 saturated heterocycles. The first kappa shape index (κ1) is 14.8. The van der Waals surface area contributed by atoms with Crippen molar-refractivity contribution in [1.82, 2.24) is 10.6 Å². The van der Waals surface area contributed by atoms with E-state index >= 15 is 0 Å². The number of rotatable bonds is 5. The van der Waals surface area contributed by atoms with Gasteiger partial charge in [0.2, 0.25) is 0 Å². The predicted octanol–water partition coefficient (Wildman–Crippen LogP) is 0.381. The van der Waals surface area contributed by atoms with Crippen LogP contribution in [0.2, 0.25) is 0 Å². The van der Waals surface area contributed by atoms with E-state index in [4.69, 9.17) is 10.2 Å². The first-order valence-electron chi connectivity index (χ1n) is 6.54. The van der Waals surface area contributed by atoms with Crippen molar-refractivity contribution in [2.75, 3.05) is 0 Å². The van der Waals surface area contributed by atoms with Crippen LogP contribution in [0.15, 0.2) is 24.3 Å². The summed E-state index contributed by atoms with van der Waals surface area (Å²) in [6.07, 6.45) is 0.703. The molecule has 112 valence electrons. The molecular formula is C14H16N2O5. The molecule has 7 nitrogen and oxygen atoms in total. The Morgan fingerprint density at radius 1 is 1.14 bits per heavy atom. The van der Waals surface area contributed by atoms with Crippen LogP contribution in [0.5, 0.6) is 0 Å². The molecular weight excluding hydrogens is 276 g/mol. The van der Waals surface area contributed by atoms with Crippen LogP contribution in [0.3, 0.4) is 0 Å². The second kappa shape index (κ2) is 6.25. The smallest absolute Gasteiger partial charge is 0.326 e. The van der Waals surface area contributed by atoms with E-state index in [2.05, 4.69) is 10.6 Å². The van der Waals surface area contributed by atoms with Gasteiger partial charge in [0, 0.05) is 6.04 Å². The lowest BCUT2D eigenvalue weighted by Crippen LogP contribution is -2.49. The molecule has 0 radical (unpaired) electrons. The van der Waals surface area contributed by atoms with Crippen LogP contribution in [-0.4, -0.2) is 40.3 Å². The van der Waals surface area contributed by atoms with Crippen molar-refractivity contribution in [2.45, 2.75) is 31.3 Å². The van der Waals surface area contributed by atoms with Crippen LogP contribution in [-0.2, 0) is 22.4 Å². The molecule has 2 rings (SSSR count). The fourth-order valence-electron chi connectivity index (χ4n) is 2.42. The van der Waals surface area contributed by atoms with Crippen molar-refractivity contribution in [3.05, 3.63) is 35.4 Å². The summed E-state index contributed by atoms with van der Waals surface area (Å²) in [4.78, 5) is 33.2. The van der Waals surface area contributed by atoms with E-state index in [-0.39, 0.29) is 6.04 Å². The number of nitrogens with one attached hydrogen (secondary N) is 2. The third-order valence-electron chi connectivity index (χ3n) is 3.37. The van der Waals surface area contributed by atoms with Gasteiger partial charge in [0.25, 0.3) is 0 Å². The zero-order valence-corrected chi connectivity index (χ0v) is 11.2. The molecule has 0 unspecified atom stereocenters. The second-order valence-corrected chi connectivity index (χ2v) is 4.98. The van der Waals surface area contributed by atoms with E-state index in [1.807, 2.05) is 24.3 Å². The van der Waals surface area contributed by atoms with Crippen molar-refractivity contribution in [1.29, 1.82) is 0 Å². The molecule has 0 fully saturated rings. The van der Waals surface area contributed by atoms with Crippen molar-refractivity contribution in [3.63, 3.8) is 0 Å². The van der Waals surface area contributed by atoms with Gasteiger partial charge in [0.05, 0.1) is 6.42 Å². The standard InChI is InChI=1S/C14H16N2O5/c17-12(18)7-11(13(19)20)16-14(21)15-10-5-8-3-1-2-4-9(8)6-10/h1-4,10-11H,5-7H2,(H,17,18)(H,19,20)(H2,15,16,21)/t11-/m0/s1. The number of amides is 2. The average molecular weight is 292 g/mol. The molecule has 7 heteroatoms. The van der Waals surface area contributed by atoms with Crippen LogP contribution in [0.1, 0.15) is 17.5 Å². The van der Waals surface area contributed by atoms with Crippen molar-refractivity contribution in [3.8, 4) is 0 Å². The number of fused-ring (bicyclic) bond motifs is 1. The lowest BCUT2D eigenvalue weighted by atomic mass is 10.1. The van der Waals surface area contributed by atoms with Gasteiger partial charge in [-0.1, -0.05) is 24.3 Å². The van der Waals surface area contributed by atoms with Gasteiger partial charge in [-0.2, -0.15) is 0 Å². The molecule has 0 spiro atoms. The Balaban J connectivity index is 1.88. The van der Waals surface area contributed by atoms with Crippen LogP contribution in [0, 0.1) is 0 Å². The van der Waals surface area contributed by atoms with Gasteiger partial charge in [-0.3, -0.25) is 4.79 Å². The molecule has 2 amide bonds. The molecule has 0 aliphatic heterocycles. The third-order valence-corrected chi connectivity index (χ3v) is 3.37. The van der Waals surface area contributed by atoms with Crippen molar-refractivity contribution >= 4 is 18.0 Å². The Morgan fingerprint density at radius 2 is 1.71 bits per heavy atom. The minimum Gasteiger partial charge on any atom is -0.481 e. The Morgan fingerprint density at radius 3 is 2.19 bits per heavy atom. The number of benzene rings is 1. The molecule has 1 aromatic carbocycles. The van der Waals surface area contributed by atoms with Crippen LogP contribution in [0.25, 0.3) is 0 Å². The van der Waals surface area contributed by atoms with E-state index in [1.54, 1.807) is 0 Å². The molecule has 21 heavy (non-hydrogen) atoms. The molecule has 1 atom stereocenters. The monoisotopic (exact) mass is 292 g/mol. The molecule has 0 bridgehead atoms. The number of urea groups is 1. The number of carbonyl (C=O) groups excluding carboxylic acids is 1. The van der Waals surface area contributed by atoms with Gasteiger partial charge in [0.15, 0.2) is 0 Å². The summed E-state index contributed by atoms with van der Waals surface area (Å²) in [5.41, 5.74) is 2.31. The normalized spacial score (nSPS) is 15.0. The zero-order chi connectivity index (χ0) is 15.4. The van der Waals surface area contributed by atoms with E-state index in [0.717, 1.165) is 11.1 Å². The topological polar surface area (TPSA) is 116 Å².